The minimum Gasteiger partial charge on any atom is -0.376 e. The lowest BCUT2D eigenvalue weighted by molar-refractivity contribution is 0.207. The van der Waals surface area contributed by atoms with Crippen LogP contribution in [0.15, 0.2) is 42.5 Å². The maximum Gasteiger partial charge on any atom is 0.358 e. The number of aliphatic hydroxyl groups excluding tert-OH is 1. The lowest BCUT2D eigenvalue weighted by atomic mass is 10.1. The van der Waals surface area contributed by atoms with E-state index in [4.69, 9.17) is 9.79 Å². The molecule has 0 unspecified atom stereocenters. The molecule has 0 aliphatic rings. The number of hydrogen-bond donors (Lipinski definition) is 3. The quantitative estimate of drug-likeness (QED) is 0.699. The van der Waals surface area contributed by atoms with Crippen molar-refractivity contribution in [1.82, 2.24) is 0 Å². The first-order chi connectivity index (χ1) is 7.50. The minimum absolute atomic E-state index is 0.256. The van der Waals surface area contributed by atoms with Crippen molar-refractivity contribution >= 4 is 18.4 Å². The lowest BCUT2D eigenvalue weighted by Crippen LogP contribution is -1.99. The monoisotopic (exact) mass is 238 g/mol. The molecule has 0 bridgehead atoms. The van der Waals surface area contributed by atoms with Gasteiger partial charge in [-0.05, 0) is 10.8 Å². The Labute approximate surface area is 92.3 Å². The Bertz CT molecular complexity index is 555. The van der Waals surface area contributed by atoms with Crippen molar-refractivity contribution in [2.45, 2.75) is 5.85 Å². The first kappa shape index (κ1) is 11.3. The molecule has 0 aromatic heterocycles. The van der Waals surface area contributed by atoms with E-state index < -0.39 is 13.4 Å². The van der Waals surface area contributed by atoms with Crippen LogP contribution in [-0.4, -0.2) is 14.9 Å². The van der Waals surface area contributed by atoms with E-state index in [0.717, 1.165) is 5.39 Å². The van der Waals surface area contributed by atoms with Gasteiger partial charge in [0.25, 0.3) is 0 Å². The average Bonchev–Trinajstić information content (AvgIpc) is 2.26. The van der Waals surface area contributed by atoms with Crippen molar-refractivity contribution in [3.8, 4) is 0 Å². The fraction of sp³-hybridized carbons (Fsp3) is 0.0909. The van der Waals surface area contributed by atoms with E-state index in [-0.39, 0.29) is 5.56 Å². The predicted molar refractivity (Wildman–Crippen MR) is 61.0 cm³/mol. The van der Waals surface area contributed by atoms with Gasteiger partial charge < -0.3 is 14.9 Å². The topological polar surface area (TPSA) is 77.8 Å². The standard InChI is InChI=1S/C11H11O4P/c12-11(16(13,14)15)10-7-3-5-8-4-1-2-6-9(8)10/h1-7,11-12H,(H2,13,14,15)/t11-/m0/s1. The van der Waals surface area contributed by atoms with Crippen LogP contribution in [0.2, 0.25) is 0 Å². The highest BCUT2D eigenvalue weighted by atomic mass is 31.2. The second-order valence-electron chi connectivity index (χ2n) is 3.53. The SMILES string of the molecule is O=P(O)(O)[C@H](O)c1cccc2ccccc12. The number of rotatable bonds is 2. The number of aliphatic hydroxyl groups is 1. The maximum absolute atomic E-state index is 11.0. The molecule has 84 valence electrons. The largest absolute Gasteiger partial charge is 0.376 e. The number of hydrogen-bond acceptors (Lipinski definition) is 2. The molecule has 4 nitrogen and oxygen atoms in total. The Balaban J connectivity index is 2.65. The Morgan fingerprint density at radius 2 is 1.62 bits per heavy atom. The van der Waals surface area contributed by atoms with Crippen LogP contribution in [0, 0.1) is 0 Å². The molecule has 0 saturated carbocycles. The van der Waals surface area contributed by atoms with Crippen molar-refractivity contribution < 1.29 is 19.5 Å². The van der Waals surface area contributed by atoms with Crippen LogP contribution in [0.4, 0.5) is 0 Å². The molecule has 0 aliphatic carbocycles. The van der Waals surface area contributed by atoms with Gasteiger partial charge in [0.1, 0.15) is 0 Å². The molecule has 0 spiro atoms. The van der Waals surface area contributed by atoms with Gasteiger partial charge in [-0.25, -0.2) is 0 Å². The van der Waals surface area contributed by atoms with Crippen LogP contribution in [0.5, 0.6) is 0 Å². The fourth-order valence-corrected chi connectivity index (χ4v) is 2.24. The highest BCUT2D eigenvalue weighted by Crippen LogP contribution is 2.51. The van der Waals surface area contributed by atoms with E-state index in [9.17, 15) is 9.67 Å². The third-order valence-corrected chi connectivity index (χ3v) is 3.34. The van der Waals surface area contributed by atoms with Gasteiger partial charge in [0.15, 0.2) is 5.85 Å². The van der Waals surface area contributed by atoms with Crippen molar-refractivity contribution in [3.05, 3.63) is 48.0 Å². The van der Waals surface area contributed by atoms with Crippen molar-refractivity contribution in [2.75, 3.05) is 0 Å². The van der Waals surface area contributed by atoms with Crippen molar-refractivity contribution in [1.29, 1.82) is 0 Å². The summed E-state index contributed by atoms with van der Waals surface area (Å²) in [6, 6.07) is 12.1. The molecule has 2 aromatic rings. The molecule has 3 N–H and O–H groups in total. The van der Waals surface area contributed by atoms with Gasteiger partial charge in [-0.15, -0.1) is 0 Å². The molecule has 0 saturated heterocycles. The molecule has 1 atom stereocenters. The van der Waals surface area contributed by atoms with Crippen LogP contribution >= 0.6 is 7.60 Å². The Kier molecular flexibility index (Phi) is 2.82. The van der Waals surface area contributed by atoms with Crippen molar-refractivity contribution in [3.63, 3.8) is 0 Å². The molecule has 0 aliphatic heterocycles. The molecular weight excluding hydrogens is 227 g/mol. The van der Waals surface area contributed by atoms with Gasteiger partial charge in [-0.3, -0.25) is 4.57 Å². The zero-order valence-electron chi connectivity index (χ0n) is 8.32. The van der Waals surface area contributed by atoms with Crippen LogP contribution in [0.3, 0.4) is 0 Å². The van der Waals surface area contributed by atoms with Crippen LogP contribution in [0.1, 0.15) is 11.4 Å². The second-order valence-corrected chi connectivity index (χ2v) is 5.20. The zero-order valence-corrected chi connectivity index (χ0v) is 9.21. The van der Waals surface area contributed by atoms with Crippen LogP contribution < -0.4 is 0 Å². The molecule has 0 heterocycles. The summed E-state index contributed by atoms with van der Waals surface area (Å²) in [5, 5.41) is 11.1. The average molecular weight is 238 g/mol. The Morgan fingerprint density at radius 3 is 2.31 bits per heavy atom. The van der Waals surface area contributed by atoms with E-state index in [2.05, 4.69) is 0 Å². The van der Waals surface area contributed by atoms with E-state index in [0.29, 0.717) is 5.39 Å². The van der Waals surface area contributed by atoms with Crippen LogP contribution in [-0.2, 0) is 4.57 Å². The molecule has 0 radical (unpaired) electrons. The van der Waals surface area contributed by atoms with E-state index in [1.54, 1.807) is 18.2 Å². The summed E-state index contributed by atoms with van der Waals surface area (Å²) in [5.41, 5.74) is 0.256. The number of benzene rings is 2. The highest BCUT2D eigenvalue weighted by Gasteiger charge is 2.28. The van der Waals surface area contributed by atoms with Gasteiger partial charge in [0.2, 0.25) is 0 Å². The third-order valence-electron chi connectivity index (χ3n) is 2.42. The first-order valence-corrected chi connectivity index (χ1v) is 6.39. The van der Waals surface area contributed by atoms with E-state index in [1.807, 2.05) is 18.2 Å². The van der Waals surface area contributed by atoms with Crippen LogP contribution in [0.25, 0.3) is 10.8 Å². The molecule has 0 amide bonds. The molecule has 2 aromatic carbocycles. The maximum atomic E-state index is 11.0. The second kappa shape index (κ2) is 4.00. The summed E-state index contributed by atoms with van der Waals surface area (Å²) >= 11 is 0. The summed E-state index contributed by atoms with van der Waals surface area (Å²) in [6.45, 7) is 0. The summed E-state index contributed by atoms with van der Waals surface area (Å²) in [6.07, 6.45) is 0. The summed E-state index contributed by atoms with van der Waals surface area (Å²) in [4.78, 5) is 17.9. The smallest absolute Gasteiger partial charge is 0.358 e. The first-order valence-electron chi connectivity index (χ1n) is 4.71. The zero-order chi connectivity index (χ0) is 11.8. The molecule has 2 rings (SSSR count). The summed E-state index contributed by atoms with van der Waals surface area (Å²) in [5.74, 6) is -1.77. The highest BCUT2D eigenvalue weighted by molar-refractivity contribution is 7.51. The number of fused-ring (bicyclic) bond motifs is 1. The Morgan fingerprint density at radius 1 is 1.00 bits per heavy atom. The normalized spacial score (nSPS) is 13.9. The summed E-state index contributed by atoms with van der Waals surface area (Å²) in [7, 11) is -4.53. The van der Waals surface area contributed by atoms with Gasteiger partial charge in [0, 0.05) is 5.56 Å². The molecule has 0 fully saturated rings. The predicted octanol–water partition coefficient (Wildman–Crippen LogP) is 2.01. The molecule has 16 heavy (non-hydrogen) atoms. The fourth-order valence-electron chi connectivity index (χ4n) is 1.66. The minimum atomic E-state index is -4.53. The van der Waals surface area contributed by atoms with Gasteiger partial charge in [-0.1, -0.05) is 42.5 Å². The van der Waals surface area contributed by atoms with Gasteiger partial charge >= 0.3 is 7.60 Å². The molecular formula is C11H11O4P. The van der Waals surface area contributed by atoms with Gasteiger partial charge in [0.05, 0.1) is 0 Å². The van der Waals surface area contributed by atoms with Crippen molar-refractivity contribution in [2.24, 2.45) is 0 Å². The molecule has 5 heteroatoms. The van der Waals surface area contributed by atoms with E-state index in [1.165, 1.54) is 6.07 Å². The van der Waals surface area contributed by atoms with Gasteiger partial charge in [-0.2, -0.15) is 0 Å². The third kappa shape index (κ3) is 2.01. The summed E-state index contributed by atoms with van der Waals surface area (Å²) < 4.78 is 11.0. The Hall–Kier alpha value is -1.19. The van der Waals surface area contributed by atoms with E-state index >= 15 is 0 Å². The lowest BCUT2D eigenvalue weighted by Gasteiger charge is -2.14.